The molecule has 3 aromatic carbocycles. The van der Waals surface area contributed by atoms with Crippen LogP contribution in [0, 0.1) is 0 Å². The molecule has 0 bridgehead atoms. The van der Waals surface area contributed by atoms with Crippen molar-refractivity contribution in [2.75, 3.05) is 5.32 Å². The number of carboxylic acids is 1. The molecule has 10 heteroatoms. The highest BCUT2D eigenvalue weighted by Crippen LogP contribution is 2.49. The molecular weight excluding hydrogens is 538 g/mol. The quantitative estimate of drug-likeness (QED) is 0.167. The third-order valence-corrected chi connectivity index (χ3v) is 8.37. The molecule has 39 heavy (non-hydrogen) atoms. The SMILES string of the molecule is CC(OC(O)Nc1cnoc1-c1ccc(-c2ccc(C3(C(=O)O)CC3)cc2)c2ncsc12)c1ccccc1Cl. The van der Waals surface area contributed by atoms with Crippen LogP contribution in [0.25, 0.3) is 32.7 Å². The van der Waals surface area contributed by atoms with E-state index in [1.165, 1.54) is 17.5 Å². The van der Waals surface area contributed by atoms with E-state index in [9.17, 15) is 15.0 Å². The van der Waals surface area contributed by atoms with Gasteiger partial charge in [0.25, 0.3) is 0 Å². The standard InChI is InChI=1S/C29H24ClN3O5S/c1-16(19-4-2-3-5-22(19)30)37-28(36)33-23-14-32-38-25(23)21-11-10-20(24-26(21)39-15-31-24)17-6-8-18(9-7-17)29(12-13-29)27(34)35/h2-11,14-16,28,33,36H,12-13H2,1H3,(H,34,35). The number of nitrogens with one attached hydrogen (secondary N) is 1. The van der Waals surface area contributed by atoms with Crippen LogP contribution in [-0.2, 0) is 14.9 Å². The lowest BCUT2D eigenvalue weighted by Crippen LogP contribution is -2.24. The molecule has 198 valence electrons. The zero-order chi connectivity index (χ0) is 27.1. The molecule has 0 radical (unpaired) electrons. The number of hydrogen-bond donors (Lipinski definition) is 3. The van der Waals surface area contributed by atoms with Gasteiger partial charge >= 0.3 is 5.97 Å². The number of thiazole rings is 1. The minimum absolute atomic E-state index is 0.441. The Morgan fingerprint density at radius 2 is 1.87 bits per heavy atom. The first kappa shape index (κ1) is 25.5. The van der Waals surface area contributed by atoms with Gasteiger partial charge in [-0.15, -0.1) is 11.3 Å². The van der Waals surface area contributed by atoms with Gasteiger partial charge in [0.1, 0.15) is 5.69 Å². The molecule has 0 spiro atoms. The van der Waals surface area contributed by atoms with E-state index in [-0.39, 0.29) is 0 Å². The number of hydrogen-bond acceptors (Lipinski definition) is 8. The third-order valence-electron chi connectivity index (χ3n) is 7.16. The van der Waals surface area contributed by atoms with E-state index < -0.39 is 23.9 Å². The summed E-state index contributed by atoms with van der Waals surface area (Å²) >= 11 is 7.73. The topological polar surface area (TPSA) is 118 Å². The lowest BCUT2D eigenvalue weighted by Gasteiger charge is -2.20. The second-order valence-electron chi connectivity index (χ2n) is 9.52. The number of carbonyl (C=O) groups is 1. The van der Waals surface area contributed by atoms with Gasteiger partial charge in [0.15, 0.2) is 5.76 Å². The highest BCUT2D eigenvalue weighted by molar-refractivity contribution is 7.17. The van der Waals surface area contributed by atoms with Crippen molar-refractivity contribution in [3.05, 3.63) is 88.5 Å². The summed E-state index contributed by atoms with van der Waals surface area (Å²) in [6.45, 7) is 1.80. The van der Waals surface area contributed by atoms with Crippen LogP contribution in [0.5, 0.6) is 0 Å². The molecule has 1 aliphatic rings. The molecule has 0 saturated heterocycles. The average Bonchev–Trinajstić information content (AvgIpc) is 3.38. The van der Waals surface area contributed by atoms with E-state index in [4.69, 9.17) is 20.9 Å². The van der Waals surface area contributed by atoms with Gasteiger partial charge in [0.2, 0.25) is 6.41 Å². The lowest BCUT2D eigenvalue weighted by atomic mass is 9.93. The highest BCUT2D eigenvalue weighted by Gasteiger charge is 2.51. The lowest BCUT2D eigenvalue weighted by molar-refractivity contribution is -0.140. The minimum Gasteiger partial charge on any atom is -0.481 e. The normalized spacial score (nSPS) is 15.7. The maximum absolute atomic E-state index is 11.7. The van der Waals surface area contributed by atoms with Crippen molar-refractivity contribution >= 4 is 44.8 Å². The summed E-state index contributed by atoms with van der Waals surface area (Å²) in [6, 6.07) is 18.9. The van der Waals surface area contributed by atoms with E-state index in [2.05, 4.69) is 15.5 Å². The van der Waals surface area contributed by atoms with Gasteiger partial charge in [0.05, 0.1) is 33.4 Å². The molecule has 1 fully saturated rings. The van der Waals surface area contributed by atoms with Crippen LogP contribution in [0.15, 0.2) is 76.9 Å². The zero-order valence-corrected chi connectivity index (χ0v) is 22.4. The second-order valence-corrected chi connectivity index (χ2v) is 10.8. The summed E-state index contributed by atoms with van der Waals surface area (Å²) in [7, 11) is 0. The first-order valence-electron chi connectivity index (χ1n) is 12.4. The van der Waals surface area contributed by atoms with Gasteiger partial charge in [-0.1, -0.05) is 65.3 Å². The number of halogens is 1. The van der Waals surface area contributed by atoms with E-state index >= 15 is 0 Å². The van der Waals surface area contributed by atoms with Crippen LogP contribution in [0.4, 0.5) is 5.69 Å². The number of aromatic nitrogens is 2. The molecule has 2 heterocycles. The molecule has 8 nitrogen and oxygen atoms in total. The molecule has 0 aliphatic heterocycles. The van der Waals surface area contributed by atoms with Crippen molar-refractivity contribution < 1.29 is 24.3 Å². The maximum atomic E-state index is 11.7. The predicted octanol–water partition coefficient (Wildman–Crippen LogP) is 6.85. The van der Waals surface area contributed by atoms with Crippen molar-refractivity contribution in [2.45, 2.75) is 37.7 Å². The Bertz CT molecular complexity index is 1660. The average molecular weight is 562 g/mol. The summed E-state index contributed by atoms with van der Waals surface area (Å²) in [5.41, 5.74) is 6.49. The van der Waals surface area contributed by atoms with E-state index in [1.807, 2.05) is 54.6 Å². The number of benzene rings is 3. The van der Waals surface area contributed by atoms with Crippen molar-refractivity contribution in [1.82, 2.24) is 10.1 Å². The van der Waals surface area contributed by atoms with Crippen molar-refractivity contribution in [1.29, 1.82) is 0 Å². The highest BCUT2D eigenvalue weighted by atomic mass is 35.5. The Balaban J connectivity index is 1.25. The van der Waals surface area contributed by atoms with Crippen LogP contribution < -0.4 is 5.32 Å². The van der Waals surface area contributed by atoms with Crippen LogP contribution in [0.2, 0.25) is 5.02 Å². The number of fused-ring (bicyclic) bond motifs is 1. The molecule has 1 saturated carbocycles. The largest absolute Gasteiger partial charge is 0.481 e. The number of nitrogens with zero attached hydrogens (tertiary/aromatic N) is 2. The number of carboxylic acid groups (broad SMARTS) is 1. The number of ether oxygens (including phenoxy) is 1. The molecule has 3 N–H and O–H groups in total. The van der Waals surface area contributed by atoms with E-state index in [1.54, 1.807) is 18.5 Å². The van der Waals surface area contributed by atoms with Crippen LogP contribution in [0.1, 0.15) is 37.0 Å². The zero-order valence-electron chi connectivity index (χ0n) is 20.8. The van der Waals surface area contributed by atoms with Gasteiger partial charge in [-0.2, -0.15) is 0 Å². The van der Waals surface area contributed by atoms with E-state index in [0.717, 1.165) is 38.0 Å². The van der Waals surface area contributed by atoms with Crippen LogP contribution >= 0.6 is 22.9 Å². The Morgan fingerprint density at radius 3 is 2.59 bits per heavy atom. The van der Waals surface area contributed by atoms with Crippen molar-refractivity contribution in [2.24, 2.45) is 0 Å². The fourth-order valence-electron chi connectivity index (χ4n) is 4.86. The smallest absolute Gasteiger partial charge is 0.314 e. The Morgan fingerprint density at radius 1 is 1.13 bits per heavy atom. The minimum atomic E-state index is -1.34. The predicted molar refractivity (Wildman–Crippen MR) is 150 cm³/mol. The Labute approximate surface area is 232 Å². The summed E-state index contributed by atoms with van der Waals surface area (Å²) in [5.74, 6) is -0.330. The molecule has 2 aromatic heterocycles. The Hall–Kier alpha value is -3.76. The van der Waals surface area contributed by atoms with Gasteiger partial charge in [0, 0.05) is 16.1 Å². The molecule has 6 rings (SSSR count). The monoisotopic (exact) mass is 561 g/mol. The maximum Gasteiger partial charge on any atom is 0.314 e. The molecule has 5 aromatic rings. The van der Waals surface area contributed by atoms with Crippen LogP contribution in [0.3, 0.4) is 0 Å². The number of aliphatic hydroxyl groups is 1. The van der Waals surface area contributed by atoms with Crippen LogP contribution in [-0.4, -0.2) is 32.7 Å². The molecule has 2 atom stereocenters. The van der Waals surface area contributed by atoms with E-state index in [0.29, 0.717) is 29.3 Å². The summed E-state index contributed by atoms with van der Waals surface area (Å²) in [5, 5.41) is 27.6. The van der Waals surface area contributed by atoms with Crippen molar-refractivity contribution in [3.8, 4) is 22.5 Å². The second kappa shape index (κ2) is 10.1. The first-order chi connectivity index (χ1) is 18.9. The van der Waals surface area contributed by atoms with Crippen molar-refractivity contribution in [3.63, 3.8) is 0 Å². The molecule has 1 aliphatic carbocycles. The Kier molecular flexibility index (Phi) is 6.60. The number of aliphatic hydroxyl groups excluding tert-OH is 1. The van der Waals surface area contributed by atoms with Gasteiger partial charge in [-0.05, 0) is 48.6 Å². The molecule has 2 unspecified atom stereocenters. The van der Waals surface area contributed by atoms with Gasteiger partial charge in [-0.25, -0.2) is 4.98 Å². The number of aliphatic carboxylic acids is 1. The number of rotatable bonds is 9. The summed E-state index contributed by atoms with van der Waals surface area (Å²) in [6.07, 6.45) is 1.01. The third kappa shape index (κ3) is 4.68. The summed E-state index contributed by atoms with van der Waals surface area (Å²) < 4.78 is 12.2. The fourth-order valence-corrected chi connectivity index (χ4v) is 5.97. The first-order valence-corrected chi connectivity index (χ1v) is 13.6. The van der Waals surface area contributed by atoms with Gasteiger partial charge < -0.3 is 24.8 Å². The number of anilines is 1. The summed E-state index contributed by atoms with van der Waals surface area (Å²) in [4.78, 5) is 16.3. The van der Waals surface area contributed by atoms with Gasteiger partial charge in [-0.3, -0.25) is 4.79 Å². The molecular formula is C29H24ClN3O5S. The fraction of sp³-hybridized carbons (Fsp3) is 0.207. The molecule has 0 amide bonds.